The van der Waals surface area contributed by atoms with E-state index in [1.54, 1.807) is 17.0 Å². The number of fused-ring (bicyclic) bond motifs is 1. The molecule has 0 saturated carbocycles. The van der Waals surface area contributed by atoms with Crippen molar-refractivity contribution in [3.63, 3.8) is 0 Å². The third kappa shape index (κ3) is 3.75. The quantitative estimate of drug-likeness (QED) is 0.665. The third-order valence-electron chi connectivity index (χ3n) is 5.34. The van der Waals surface area contributed by atoms with Crippen molar-refractivity contribution >= 4 is 11.2 Å². The second-order valence-corrected chi connectivity index (χ2v) is 7.31. The minimum Gasteiger partial charge on any atom is -0.379 e. The molecule has 4 heterocycles. The maximum Gasteiger partial charge on any atom is 0.330 e. The van der Waals surface area contributed by atoms with Crippen LogP contribution in [0.3, 0.4) is 0 Å². The van der Waals surface area contributed by atoms with Crippen LogP contribution in [0.25, 0.3) is 22.6 Å². The molecular weight excluding hydrogens is 372 g/mol. The van der Waals surface area contributed by atoms with Gasteiger partial charge in [0.2, 0.25) is 0 Å². The fourth-order valence-corrected chi connectivity index (χ4v) is 3.82. The summed E-state index contributed by atoms with van der Waals surface area (Å²) in [6.07, 6.45) is 4.27. The number of H-pyrrole nitrogens is 1. The molecule has 0 amide bonds. The van der Waals surface area contributed by atoms with Crippen LogP contribution in [0.2, 0.25) is 0 Å². The number of rotatable bonds is 6. The van der Waals surface area contributed by atoms with Crippen molar-refractivity contribution in [2.24, 2.45) is 0 Å². The molecule has 154 valence electrons. The predicted octanol–water partition coefficient (Wildman–Crippen LogP) is 0.999. The van der Waals surface area contributed by atoms with Crippen molar-refractivity contribution in [3.05, 3.63) is 44.9 Å². The Kier molecular flexibility index (Phi) is 5.59. The Hall–Kier alpha value is -2.78. The van der Waals surface area contributed by atoms with E-state index in [0.29, 0.717) is 30.1 Å². The van der Waals surface area contributed by atoms with Gasteiger partial charge < -0.3 is 9.30 Å². The summed E-state index contributed by atoms with van der Waals surface area (Å²) in [5, 5.41) is 0. The zero-order valence-electron chi connectivity index (χ0n) is 16.8. The molecule has 9 heteroatoms. The van der Waals surface area contributed by atoms with E-state index < -0.39 is 11.2 Å². The van der Waals surface area contributed by atoms with Crippen molar-refractivity contribution in [2.45, 2.75) is 33.4 Å². The number of aromatic amines is 1. The van der Waals surface area contributed by atoms with Crippen LogP contribution in [0.15, 0.2) is 28.0 Å². The topological polar surface area (TPSA) is 98.0 Å². The van der Waals surface area contributed by atoms with Crippen LogP contribution >= 0.6 is 0 Å². The van der Waals surface area contributed by atoms with Crippen molar-refractivity contribution < 1.29 is 4.74 Å². The van der Waals surface area contributed by atoms with Crippen molar-refractivity contribution in [1.82, 2.24) is 29.0 Å². The largest absolute Gasteiger partial charge is 0.379 e. The second-order valence-electron chi connectivity index (χ2n) is 7.31. The number of nitrogens with one attached hydrogen (secondary N) is 1. The highest BCUT2D eigenvalue weighted by atomic mass is 16.5. The number of morpholine rings is 1. The van der Waals surface area contributed by atoms with Crippen LogP contribution in [0.4, 0.5) is 0 Å². The first-order valence-corrected chi connectivity index (χ1v) is 10.0. The first-order chi connectivity index (χ1) is 14.1. The second kappa shape index (κ2) is 8.30. The molecule has 1 aliphatic rings. The zero-order chi connectivity index (χ0) is 20.4. The van der Waals surface area contributed by atoms with Crippen LogP contribution in [0.5, 0.6) is 0 Å². The summed E-state index contributed by atoms with van der Waals surface area (Å²) in [7, 11) is 0. The Labute approximate surface area is 168 Å². The Bertz CT molecular complexity index is 1120. The molecule has 9 nitrogen and oxygen atoms in total. The van der Waals surface area contributed by atoms with Gasteiger partial charge in [0.1, 0.15) is 5.82 Å². The van der Waals surface area contributed by atoms with Gasteiger partial charge in [0.15, 0.2) is 11.2 Å². The van der Waals surface area contributed by atoms with Gasteiger partial charge in [0.25, 0.3) is 5.56 Å². The number of hydrogen-bond donors (Lipinski definition) is 1. The molecule has 3 aromatic heterocycles. The summed E-state index contributed by atoms with van der Waals surface area (Å²) in [5.74, 6) is 0.689. The van der Waals surface area contributed by atoms with Crippen LogP contribution in [0, 0.1) is 6.92 Å². The lowest BCUT2D eigenvalue weighted by molar-refractivity contribution is 0.0365. The molecule has 4 rings (SSSR count). The van der Waals surface area contributed by atoms with Gasteiger partial charge in [0, 0.05) is 50.7 Å². The summed E-state index contributed by atoms with van der Waals surface area (Å²) < 4.78 is 8.93. The fraction of sp³-hybridized carbons (Fsp3) is 0.500. The molecule has 0 atom stereocenters. The van der Waals surface area contributed by atoms with Crippen LogP contribution in [-0.4, -0.2) is 61.8 Å². The molecule has 0 unspecified atom stereocenters. The lowest BCUT2D eigenvalue weighted by Crippen LogP contribution is -2.38. The predicted molar refractivity (Wildman–Crippen MR) is 110 cm³/mol. The van der Waals surface area contributed by atoms with E-state index in [-0.39, 0.29) is 0 Å². The minimum absolute atomic E-state index is 0.398. The fourth-order valence-electron chi connectivity index (χ4n) is 3.82. The number of imidazole rings is 1. The van der Waals surface area contributed by atoms with E-state index in [4.69, 9.17) is 9.72 Å². The van der Waals surface area contributed by atoms with Gasteiger partial charge in [-0.1, -0.05) is 6.92 Å². The van der Waals surface area contributed by atoms with E-state index in [1.807, 2.05) is 24.5 Å². The summed E-state index contributed by atoms with van der Waals surface area (Å²) in [4.78, 5) is 38.9. The average Bonchev–Trinajstić information content (AvgIpc) is 3.10. The maximum atomic E-state index is 12.8. The molecule has 0 spiro atoms. The first-order valence-electron chi connectivity index (χ1n) is 10.0. The highest BCUT2D eigenvalue weighted by Gasteiger charge is 2.21. The van der Waals surface area contributed by atoms with E-state index in [1.165, 1.54) is 0 Å². The van der Waals surface area contributed by atoms with E-state index in [9.17, 15) is 9.59 Å². The van der Waals surface area contributed by atoms with Crippen molar-refractivity contribution in [1.29, 1.82) is 0 Å². The van der Waals surface area contributed by atoms with E-state index in [2.05, 4.69) is 14.9 Å². The zero-order valence-corrected chi connectivity index (χ0v) is 16.8. The van der Waals surface area contributed by atoms with Crippen LogP contribution in [0.1, 0.15) is 18.9 Å². The maximum absolute atomic E-state index is 12.8. The Balaban J connectivity index is 1.88. The van der Waals surface area contributed by atoms with Gasteiger partial charge in [-0.2, -0.15) is 0 Å². The van der Waals surface area contributed by atoms with Crippen molar-refractivity contribution in [3.8, 4) is 11.4 Å². The summed E-state index contributed by atoms with van der Waals surface area (Å²) in [6.45, 7) is 9.01. The first kappa shape index (κ1) is 19.5. The normalized spacial score (nSPS) is 15.2. The lowest BCUT2D eigenvalue weighted by Gasteiger charge is -2.27. The van der Waals surface area contributed by atoms with E-state index >= 15 is 0 Å². The SMILES string of the molecule is CCCn1c(=O)[nH]c(=O)c2c1nc(-c1ccncc1C)n2CCN1CCOCC1. The Morgan fingerprint density at radius 3 is 2.66 bits per heavy atom. The Morgan fingerprint density at radius 2 is 1.93 bits per heavy atom. The van der Waals surface area contributed by atoms with Gasteiger partial charge in [0.05, 0.1) is 13.2 Å². The molecule has 3 aromatic rings. The summed E-state index contributed by atoms with van der Waals surface area (Å²) in [5.41, 5.74) is 1.95. The van der Waals surface area contributed by atoms with Gasteiger partial charge in [-0.05, 0) is 25.0 Å². The lowest BCUT2D eigenvalue weighted by atomic mass is 10.1. The number of aryl methyl sites for hydroxylation is 2. The third-order valence-corrected chi connectivity index (χ3v) is 5.34. The number of nitrogens with zero attached hydrogens (tertiary/aromatic N) is 5. The molecule has 1 saturated heterocycles. The highest BCUT2D eigenvalue weighted by Crippen LogP contribution is 2.25. The number of aromatic nitrogens is 5. The number of hydrogen-bond acceptors (Lipinski definition) is 6. The average molecular weight is 398 g/mol. The van der Waals surface area contributed by atoms with Gasteiger partial charge in [-0.3, -0.25) is 24.2 Å². The molecule has 0 radical (unpaired) electrons. The van der Waals surface area contributed by atoms with Gasteiger partial charge in [-0.25, -0.2) is 9.78 Å². The van der Waals surface area contributed by atoms with Crippen LogP contribution < -0.4 is 11.2 Å². The van der Waals surface area contributed by atoms with Crippen molar-refractivity contribution in [2.75, 3.05) is 32.8 Å². The smallest absolute Gasteiger partial charge is 0.330 e. The van der Waals surface area contributed by atoms with Crippen LogP contribution in [-0.2, 0) is 17.8 Å². The number of ether oxygens (including phenoxy) is 1. The van der Waals surface area contributed by atoms with E-state index in [0.717, 1.165) is 50.4 Å². The number of pyridine rings is 1. The standard InChI is InChI=1S/C20H26N6O3/c1-3-6-26-18-16(19(27)23-20(26)28)25(8-7-24-9-11-29-12-10-24)17(22-18)15-4-5-21-13-14(15)2/h4-5,13H,3,6-12H2,1-2H3,(H,23,27,28). The monoisotopic (exact) mass is 398 g/mol. The van der Waals surface area contributed by atoms with Gasteiger partial charge >= 0.3 is 5.69 Å². The molecule has 1 fully saturated rings. The summed E-state index contributed by atoms with van der Waals surface area (Å²) >= 11 is 0. The molecule has 29 heavy (non-hydrogen) atoms. The minimum atomic E-state index is -0.417. The molecule has 0 aliphatic carbocycles. The molecule has 0 bridgehead atoms. The molecular formula is C20H26N6O3. The highest BCUT2D eigenvalue weighted by molar-refractivity contribution is 5.77. The molecule has 0 aromatic carbocycles. The Morgan fingerprint density at radius 1 is 1.14 bits per heavy atom. The van der Waals surface area contributed by atoms with Gasteiger partial charge in [-0.15, -0.1) is 0 Å². The molecule has 1 aliphatic heterocycles. The molecule has 1 N–H and O–H groups in total. The summed E-state index contributed by atoms with van der Waals surface area (Å²) in [6, 6.07) is 1.90.